The number of aromatic nitrogens is 5. The summed E-state index contributed by atoms with van der Waals surface area (Å²) in [6, 6.07) is 4.05. The van der Waals surface area contributed by atoms with E-state index in [2.05, 4.69) is 20.4 Å². The van der Waals surface area contributed by atoms with E-state index in [1.165, 1.54) is 40.1 Å². The van der Waals surface area contributed by atoms with E-state index < -0.39 is 23.0 Å². The number of hydrogen-bond acceptors (Lipinski definition) is 7. The Morgan fingerprint density at radius 2 is 2.23 bits per heavy atom. The fraction of sp³-hybridized carbons (Fsp3) is 0.350. The second-order valence-electron chi connectivity index (χ2n) is 7.56. The minimum Gasteiger partial charge on any atom is -0.501 e. The maximum atomic E-state index is 13.7. The molecular formula is C20H19FN6O4. The zero-order chi connectivity index (χ0) is 21.5. The molecule has 1 saturated heterocycles. The van der Waals surface area contributed by atoms with Crippen LogP contribution in [0.3, 0.4) is 0 Å². The number of carbonyl (C=O) groups excluding carboxylic acids is 1. The van der Waals surface area contributed by atoms with Crippen LogP contribution in [0, 0.1) is 5.82 Å². The van der Waals surface area contributed by atoms with Gasteiger partial charge in [-0.2, -0.15) is 5.10 Å². The molecule has 2 atom stereocenters. The minimum atomic E-state index is -0.718. The molecule has 5 rings (SSSR count). The summed E-state index contributed by atoms with van der Waals surface area (Å²) in [5.74, 6) is -1.52. The van der Waals surface area contributed by atoms with Crippen molar-refractivity contribution in [2.75, 3.05) is 0 Å². The highest BCUT2D eigenvalue weighted by molar-refractivity contribution is 5.94. The van der Waals surface area contributed by atoms with Gasteiger partial charge in [0.25, 0.3) is 11.5 Å². The van der Waals surface area contributed by atoms with Gasteiger partial charge in [-0.15, -0.1) is 0 Å². The highest BCUT2D eigenvalue weighted by atomic mass is 19.1. The molecule has 31 heavy (non-hydrogen) atoms. The number of hydrogen-bond donors (Lipinski definition) is 2. The van der Waals surface area contributed by atoms with Crippen LogP contribution in [-0.2, 0) is 17.8 Å². The third-order valence-corrected chi connectivity index (χ3v) is 5.57. The van der Waals surface area contributed by atoms with Gasteiger partial charge < -0.3 is 15.2 Å². The topological polar surface area (TPSA) is 124 Å². The van der Waals surface area contributed by atoms with Gasteiger partial charge in [0.15, 0.2) is 5.69 Å². The van der Waals surface area contributed by atoms with Crippen LogP contribution < -0.4 is 10.9 Å². The number of fused-ring (bicyclic) bond motifs is 4. The smallest absolute Gasteiger partial charge is 0.296 e. The molecule has 2 bridgehead atoms. The summed E-state index contributed by atoms with van der Waals surface area (Å²) in [5, 5.41) is 17.0. The van der Waals surface area contributed by atoms with Crippen molar-refractivity contribution in [2.24, 2.45) is 0 Å². The van der Waals surface area contributed by atoms with Crippen molar-refractivity contribution < 1.29 is 19.0 Å². The number of carbonyl (C=O) groups is 1. The Bertz CT molecular complexity index is 1210. The molecule has 0 unspecified atom stereocenters. The number of nitrogens with one attached hydrogen (secondary N) is 1. The Morgan fingerprint density at radius 1 is 1.35 bits per heavy atom. The van der Waals surface area contributed by atoms with Crippen LogP contribution >= 0.6 is 0 Å². The van der Waals surface area contributed by atoms with Crippen molar-refractivity contribution in [1.82, 2.24) is 29.6 Å². The lowest BCUT2D eigenvalue weighted by Crippen LogP contribution is -2.42. The van der Waals surface area contributed by atoms with E-state index in [1.807, 2.05) is 0 Å². The van der Waals surface area contributed by atoms with E-state index in [-0.39, 0.29) is 24.4 Å². The fourth-order valence-electron chi connectivity index (χ4n) is 4.06. The van der Waals surface area contributed by atoms with Crippen LogP contribution in [0.25, 0.3) is 5.69 Å². The highest BCUT2D eigenvalue weighted by Crippen LogP contribution is 2.35. The number of halogens is 1. The highest BCUT2D eigenvalue weighted by Gasteiger charge is 2.35. The van der Waals surface area contributed by atoms with Gasteiger partial charge in [-0.05, 0) is 37.0 Å². The molecule has 2 N–H and O–H groups in total. The molecule has 3 aromatic rings. The second kappa shape index (κ2) is 7.58. The molecule has 0 spiro atoms. The molecule has 4 heterocycles. The molecule has 0 saturated carbocycles. The first-order chi connectivity index (χ1) is 15.0. The van der Waals surface area contributed by atoms with E-state index >= 15 is 0 Å². The lowest BCUT2D eigenvalue weighted by molar-refractivity contribution is -0.0860. The summed E-state index contributed by atoms with van der Waals surface area (Å²) in [6.07, 6.45) is 4.76. The quantitative estimate of drug-likeness (QED) is 0.643. The van der Waals surface area contributed by atoms with E-state index in [4.69, 9.17) is 4.74 Å². The Kier molecular flexibility index (Phi) is 4.74. The molecule has 1 amide bonds. The Balaban J connectivity index is 1.42. The number of nitrogens with zero attached hydrogens (tertiary/aromatic N) is 5. The fourth-order valence-corrected chi connectivity index (χ4v) is 4.06. The molecule has 0 radical (unpaired) electrons. The monoisotopic (exact) mass is 426 g/mol. The van der Waals surface area contributed by atoms with Gasteiger partial charge in [-0.1, -0.05) is 6.07 Å². The second-order valence-corrected chi connectivity index (χ2v) is 7.56. The number of ether oxygens (including phenoxy) is 1. The van der Waals surface area contributed by atoms with Gasteiger partial charge in [-0.3, -0.25) is 14.2 Å². The lowest BCUT2D eigenvalue weighted by Gasteiger charge is -2.36. The Hall–Kier alpha value is -3.60. The average Bonchev–Trinajstić information content (AvgIpc) is 3.30. The molecular weight excluding hydrogens is 407 g/mol. The summed E-state index contributed by atoms with van der Waals surface area (Å²) in [6.45, 7) is 0.305. The van der Waals surface area contributed by atoms with Crippen LogP contribution in [0.5, 0.6) is 5.75 Å². The first-order valence-electron chi connectivity index (χ1n) is 9.92. The van der Waals surface area contributed by atoms with Gasteiger partial charge >= 0.3 is 0 Å². The average molecular weight is 426 g/mol. The van der Waals surface area contributed by atoms with E-state index in [9.17, 15) is 19.1 Å². The van der Waals surface area contributed by atoms with E-state index in [1.54, 1.807) is 0 Å². The maximum Gasteiger partial charge on any atom is 0.296 e. The molecule has 160 valence electrons. The predicted octanol–water partition coefficient (Wildman–Crippen LogP) is 1.22. The lowest BCUT2D eigenvalue weighted by atomic mass is 10.00. The third-order valence-electron chi connectivity index (χ3n) is 5.57. The van der Waals surface area contributed by atoms with Gasteiger partial charge in [-0.25, -0.2) is 19.0 Å². The Labute approximate surface area is 175 Å². The summed E-state index contributed by atoms with van der Waals surface area (Å²) in [7, 11) is 0. The molecule has 11 heteroatoms. The number of benzene rings is 1. The van der Waals surface area contributed by atoms with Crippen molar-refractivity contribution in [1.29, 1.82) is 0 Å². The number of rotatable bonds is 4. The zero-order valence-electron chi connectivity index (χ0n) is 16.4. The minimum absolute atomic E-state index is 0.00412. The van der Waals surface area contributed by atoms with Crippen molar-refractivity contribution in [3.05, 3.63) is 64.1 Å². The van der Waals surface area contributed by atoms with Crippen LogP contribution in [0.4, 0.5) is 4.39 Å². The summed E-state index contributed by atoms with van der Waals surface area (Å²) in [4.78, 5) is 33.6. The van der Waals surface area contributed by atoms with Crippen LogP contribution in [0.15, 0.2) is 35.6 Å². The molecule has 0 aliphatic carbocycles. The molecule has 2 aliphatic heterocycles. The zero-order valence-corrected chi connectivity index (χ0v) is 16.4. The van der Waals surface area contributed by atoms with Crippen molar-refractivity contribution in [2.45, 2.75) is 44.6 Å². The van der Waals surface area contributed by atoms with E-state index in [0.717, 1.165) is 12.8 Å². The first kappa shape index (κ1) is 19.4. The maximum absolute atomic E-state index is 13.7. The predicted molar refractivity (Wildman–Crippen MR) is 104 cm³/mol. The SMILES string of the molecule is O=C(NCc1ccc(F)cc1-n1cncn1)c1nc2n(c(=O)c1O)C[C@@H]1CCC[C@H]2O1. The standard InChI is InChI=1S/C20H19FN6O4/c21-12-5-4-11(14(6-12)27-10-22-9-24-27)7-23-19(29)16-17(28)20(30)26-8-13-2-1-3-15(31-13)18(26)25-16/h4-6,9-10,13,15,28H,1-3,7-8H2,(H,23,29)/t13-,15+/m0/s1. The molecule has 10 nitrogen and oxygen atoms in total. The summed E-state index contributed by atoms with van der Waals surface area (Å²) >= 11 is 0. The molecule has 2 aromatic heterocycles. The van der Waals surface area contributed by atoms with Crippen molar-refractivity contribution in [3.63, 3.8) is 0 Å². The number of amides is 1. The third kappa shape index (κ3) is 3.46. The van der Waals surface area contributed by atoms with Gasteiger partial charge in [0.05, 0.1) is 18.3 Å². The molecule has 1 aromatic carbocycles. The summed E-state index contributed by atoms with van der Waals surface area (Å²) < 4.78 is 22.4. The van der Waals surface area contributed by atoms with E-state index in [0.29, 0.717) is 30.0 Å². The number of aromatic hydroxyl groups is 1. The molecule has 2 aliphatic rings. The van der Waals surface area contributed by atoms with Gasteiger partial charge in [0, 0.05) is 6.54 Å². The molecule has 1 fully saturated rings. The largest absolute Gasteiger partial charge is 0.501 e. The van der Waals surface area contributed by atoms with Crippen molar-refractivity contribution >= 4 is 5.91 Å². The van der Waals surface area contributed by atoms with Crippen LogP contribution in [0.2, 0.25) is 0 Å². The first-order valence-corrected chi connectivity index (χ1v) is 9.92. The normalized spacial score (nSPS) is 19.6. The van der Waals surface area contributed by atoms with Crippen molar-refractivity contribution in [3.8, 4) is 11.4 Å². The summed E-state index contributed by atoms with van der Waals surface area (Å²) in [5.41, 5.74) is -0.0382. The van der Waals surface area contributed by atoms with Gasteiger partial charge in [0.2, 0.25) is 5.75 Å². The Morgan fingerprint density at radius 3 is 3.03 bits per heavy atom. The van der Waals surface area contributed by atoms with Crippen LogP contribution in [-0.4, -0.2) is 41.4 Å². The van der Waals surface area contributed by atoms with Crippen LogP contribution in [0.1, 0.15) is 47.2 Å². The van der Waals surface area contributed by atoms with Gasteiger partial charge in [0.1, 0.15) is 30.4 Å².